The molecule has 2 saturated heterocycles. The van der Waals surface area contributed by atoms with E-state index >= 15 is 0 Å². The van der Waals surface area contributed by atoms with Crippen LogP contribution in [-0.4, -0.2) is 72.8 Å². The molecular formula is C22H33N3O2. The van der Waals surface area contributed by atoms with E-state index in [1.165, 1.54) is 0 Å². The number of carbonyl (C=O) groups is 2. The maximum absolute atomic E-state index is 13.0. The maximum atomic E-state index is 13.0. The van der Waals surface area contributed by atoms with Crippen molar-refractivity contribution < 1.29 is 9.59 Å². The quantitative estimate of drug-likeness (QED) is 0.799. The average molecular weight is 372 g/mol. The molecule has 2 amide bonds. The number of hydrogen-bond donors (Lipinski definition) is 0. The monoisotopic (exact) mass is 371 g/mol. The van der Waals surface area contributed by atoms with E-state index in [0.717, 1.165) is 57.5 Å². The zero-order valence-corrected chi connectivity index (χ0v) is 17.0. The second-order valence-corrected chi connectivity index (χ2v) is 8.20. The van der Waals surface area contributed by atoms with Gasteiger partial charge in [-0.1, -0.05) is 30.3 Å². The molecule has 0 bridgehead atoms. The second kappa shape index (κ2) is 8.42. The maximum Gasteiger partial charge on any atom is 0.236 e. The molecule has 1 spiro atoms. The first-order chi connectivity index (χ1) is 13.0. The van der Waals surface area contributed by atoms with Crippen molar-refractivity contribution in [1.82, 2.24) is 14.7 Å². The molecule has 0 saturated carbocycles. The van der Waals surface area contributed by atoms with Gasteiger partial charge in [0.1, 0.15) is 0 Å². The van der Waals surface area contributed by atoms with Gasteiger partial charge in [0.15, 0.2) is 0 Å². The van der Waals surface area contributed by atoms with Crippen LogP contribution in [-0.2, 0) is 9.59 Å². The highest BCUT2D eigenvalue weighted by Crippen LogP contribution is 2.45. The van der Waals surface area contributed by atoms with Crippen LogP contribution in [0.2, 0.25) is 0 Å². The Morgan fingerprint density at radius 3 is 2.44 bits per heavy atom. The topological polar surface area (TPSA) is 43.9 Å². The van der Waals surface area contributed by atoms with Gasteiger partial charge in [0.25, 0.3) is 0 Å². The molecule has 0 radical (unpaired) electrons. The molecule has 5 heteroatoms. The largest absolute Gasteiger partial charge is 0.345 e. The molecule has 2 aliphatic rings. The SMILES string of the molecule is CCN(C)C(=O)CN1CCC2(CC1)C[C@H](c1ccccc1)C(=O)N(CC)C2. The van der Waals surface area contributed by atoms with Crippen molar-refractivity contribution in [2.45, 2.75) is 39.0 Å². The molecule has 5 nitrogen and oxygen atoms in total. The van der Waals surface area contributed by atoms with Crippen molar-refractivity contribution in [2.24, 2.45) is 5.41 Å². The van der Waals surface area contributed by atoms with Gasteiger partial charge in [-0.3, -0.25) is 14.5 Å². The smallest absolute Gasteiger partial charge is 0.236 e. The number of carbonyl (C=O) groups excluding carboxylic acids is 2. The minimum atomic E-state index is -0.0284. The molecule has 2 aliphatic heterocycles. The van der Waals surface area contributed by atoms with Crippen molar-refractivity contribution >= 4 is 11.8 Å². The first kappa shape index (κ1) is 19.9. The van der Waals surface area contributed by atoms with Crippen molar-refractivity contribution in [3.63, 3.8) is 0 Å². The van der Waals surface area contributed by atoms with Gasteiger partial charge in [-0.2, -0.15) is 0 Å². The summed E-state index contributed by atoms with van der Waals surface area (Å²) in [5.74, 6) is 0.445. The minimum Gasteiger partial charge on any atom is -0.345 e. The molecule has 148 valence electrons. The molecule has 0 unspecified atom stereocenters. The Balaban J connectivity index is 1.69. The lowest BCUT2D eigenvalue weighted by Gasteiger charge is -2.49. The second-order valence-electron chi connectivity index (χ2n) is 8.20. The first-order valence-electron chi connectivity index (χ1n) is 10.3. The zero-order valence-electron chi connectivity index (χ0n) is 17.0. The summed E-state index contributed by atoms with van der Waals surface area (Å²) in [4.78, 5) is 31.3. The highest BCUT2D eigenvalue weighted by atomic mass is 16.2. The predicted octanol–water partition coefficient (Wildman–Crippen LogP) is 2.58. The van der Waals surface area contributed by atoms with E-state index in [1.54, 1.807) is 4.90 Å². The van der Waals surface area contributed by atoms with Crippen LogP contribution in [0.25, 0.3) is 0 Å². The fourth-order valence-corrected chi connectivity index (χ4v) is 4.54. The van der Waals surface area contributed by atoms with Crippen LogP contribution in [0.15, 0.2) is 30.3 Å². The van der Waals surface area contributed by atoms with E-state index in [4.69, 9.17) is 0 Å². The van der Waals surface area contributed by atoms with E-state index in [-0.39, 0.29) is 23.1 Å². The average Bonchev–Trinajstić information content (AvgIpc) is 2.71. The Hall–Kier alpha value is -1.88. The Labute approximate surface area is 163 Å². The molecule has 0 N–H and O–H groups in total. The molecule has 1 aromatic carbocycles. The van der Waals surface area contributed by atoms with E-state index in [0.29, 0.717) is 6.54 Å². The zero-order chi connectivity index (χ0) is 19.4. The third-order valence-electron chi connectivity index (χ3n) is 6.53. The van der Waals surface area contributed by atoms with Gasteiger partial charge >= 0.3 is 0 Å². The van der Waals surface area contributed by atoms with Gasteiger partial charge < -0.3 is 9.80 Å². The molecule has 2 fully saturated rings. The molecule has 27 heavy (non-hydrogen) atoms. The van der Waals surface area contributed by atoms with Crippen LogP contribution in [0.3, 0.4) is 0 Å². The number of rotatable bonds is 5. The van der Waals surface area contributed by atoms with Gasteiger partial charge in [-0.25, -0.2) is 0 Å². The number of nitrogens with zero attached hydrogens (tertiary/aromatic N) is 3. The third-order valence-corrected chi connectivity index (χ3v) is 6.53. The summed E-state index contributed by atoms with van der Waals surface area (Å²) in [5.41, 5.74) is 1.32. The summed E-state index contributed by atoms with van der Waals surface area (Å²) in [5, 5.41) is 0. The number of likely N-dealkylation sites (N-methyl/N-ethyl adjacent to an activating group) is 2. The molecule has 0 aromatic heterocycles. The predicted molar refractivity (Wildman–Crippen MR) is 107 cm³/mol. The molecule has 1 atom stereocenters. The number of hydrogen-bond acceptors (Lipinski definition) is 3. The van der Waals surface area contributed by atoms with Crippen molar-refractivity contribution in [2.75, 3.05) is 46.3 Å². The molecule has 3 rings (SSSR count). The van der Waals surface area contributed by atoms with Crippen molar-refractivity contribution in [3.8, 4) is 0 Å². The lowest BCUT2D eigenvalue weighted by atomic mass is 9.67. The van der Waals surface area contributed by atoms with Gasteiger partial charge in [-0.05, 0) is 57.2 Å². The van der Waals surface area contributed by atoms with Crippen LogP contribution >= 0.6 is 0 Å². The van der Waals surface area contributed by atoms with Crippen molar-refractivity contribution in [3.05, 3.63) is 35.9 Å². The number of piperidine rings is 2. The molecule has 1 aromatic rings. The standard InChI is InChI=1S/C22H33N3O2/c1-4-23(3)20(26)16-24-13-11-22(12-14-24)15-19(18-9-7-6-8-10-18)21(27)25(5-2)17-22/h6-10,19H,4-5,11-17H2,1-3H3/t19-/m1/s1. The van der Waals surface area contributed by atoms with Crippen LogP contribution in [0.4, 0.5) is 0 Å². The molecule has 2 heterocycles. The number of likely N-dealkylation sites (tertiary alicyclic amines) is 2. The Bertz CT molecular complexity index is 653. The van der Waals surface area contributed by atoms with Gasteiger partial charge in [0, 0.05) is 26.7 Å². The minimum absolute atomic E-state index is 0.0284. The van der Waals surface area contributed by atoms with Crippen LogP contribution in [0.5, 0.6) is 0 Å². The first-order valence-corrected chi connectivity index (χ1v) is 10.3. The summed E-state index contributed by atoms with van der Waals surface area (Å²) < 4.78 is 0. The Morgan fingerprint density at radius 2 is 1.85 bits per heavy atom. The van der Waals surface area contributed by atoms with Crippen LogP contribution < -0.4 is 0 Å². The molecule has 0 aliphatic carbocycles. The molecular weight excluding hydrogens is 338 g/mol. The summed E-state index contributed by atoms with van der Waals surface area (Å²) in [7, 11) is 1.87. The highest BCUT2D eigenvalue weighted by Gasteiger charge is 2.45. The third kappa shape index (κ3) is 4.34. The van der Waals surface area contributed by atoms with Gasteiger partial charge in [-0.15, -0.1) is 0 Å². The van der Waals surface area contributed by atoms with Crippen LogP contribution in [0.1, 0.15) is 44.6 Å². The van der Waals surface area contributed by atoms with Crippen molar-refractivity contribution in [1.29, 1.82) is 0 Å². The fraction of sp³-hybridized carbons (Fsp3) is 0.636. The van der Waals surface area contributed by atoms with E-state index in [9.17, 15) is 9.59 Å². The van der Waals surface area contributed by atoms with Crippen LogP contribution in [0, 0.1) is 5.41 Å². The Kier molecular flexibility index (Phi) is 6.20. The normalized spacial score (nSPS) is 22.9. The van der Waals surface area contributed by atoms with Gasteiger partial charge in [0.2, 0.25) is 11.8 Å². The number of amides is 2. The summed E-state index contributed by atoms with van der Waals surface area (Å²) in [6, 6.07) is 10.2. The fourth-order valence-electron chi connectivity index (χ4n) is 4.54. The lowest BCUT2D eigenvalue weighted by molar-refractivity contribution is -0.141. The summed E-state index contributed by atoms with van der Waals surface area (Å²) in [6.07, 6.45) is 3.05. The number of benzene rings is 1. The lowest BCUT2D eigenvalue weighted by Crippen LogP contribution is -2.54. The van der Waals surface area contributed by atoms with E-state index in [2.05, 4.69) is 24.0 Å². The van der Waals surface area contributed by atoms with E-state index in [1.807, 2.05) is 37.1 Å². The highest BCUT2D eigenvalue weighted by molar-refractivity contribution is 5.84. The van der Waals surface area contributed by atoms with Gasteiger partial charge in [0.05, 0.1) is 12.5 Å². The summed E-state index contributed by atoms with van der Waals surface area (Å²) in [6.45, 7) is 8.86. The van der Waals surface area contributed by atoms with E-state index < -0.39 is 0 Å². The Morgan fingerprint density at radius 1 is 1.19 bits per heavy atom. The summed E-state index contributed by atoms with van der Waals surface area (Å²) >= 11 is 0.